The number of nitrogens with one attached hydrogen (secondary N) is 2. The summed E-state index contributed by atoms with van der Waals surface area (Å²) in [5, 5.41) is 23.2. The van der Waals surface area contributed by atoms with Crippen LogP contribution in [-0.2, 0) is 16.0 Å². The van der Waals surface area contributed by atoms with Crippen molar-refractivity contribution in [1.82, 2.24) is 10.6 Å². The Kier molecular flexibility index (Phi) is 10.2. The Morgan fingerprint density at radius 1 is 1.08 bits per heavy atom. The van der Waals surface area contributed by atoms with Crippen LogP contribution >= 0.6 is 0 Å². The van der Waals surface area contributed by atoms with Crippen LogP contribution in [0.1, 0.15) is 37.7 Å². The predicted molar refractivity (Wildman–Crippen MR) is 95.6 cm³/mol. The molecule has 0 saturated heterocycles. The van der Waals surface area contributed by atoms with Crippen molar-refractivity contribution < 1.29 is 14.7 Å². The molecule has 0 saturated carbocycles. The number of benzene rings is 1. The Labute approximate surface area is 148 Å². The third kappa shape index (κ3) is 9.82. The fourth-order valence-corrected chi connectivity index (χ4v) is 2.24. The molecule has 6 heteroatoms. The molecule has 1 rings (SSSR count). The van der Waals surface area contributed by atoms with Crippen LogP contribution in [0, 0.1) is 11.3 Å². The molecule has 134 valence electrons. The zero-order valence-electron chi connectivity index (χ0n) is 14.3. The number of carboxylic acid groups (broad SMARTS) is 1. The molecule has 1 amide bonds. The number of rotatable bonds is 12. The van der Waals surface area contributed by atoms with Gasteiger partial charge in [-0.3, -0.25) is 9.59 Å². The number of hydrogen-bond donors (Lipinski definition) is 3. The lowest BCUT2D eigenvalue weighted by atomic mass is 10.1. The lowest BCUT2D eigenvalue weighted by Gasteiger charge is -2.05. The highest BCUT2D eigenvalue weighted by atomic mass is 16.4. The molecule has 0 fully saturated rings. The van der Waals surface area contributed by atoms with Crippen molar-refractivity contribution in [2.45, 2.75) is 38.5 Å². The molecule has 1 aromatic carbocycles. The van der Waals surface area contributed by atoms with E-state index in [1.165, 1.54) is 11.8 Å². The van der Waals surface area contributed by atoms with Gasteiger partial charge < -0.3 is 15.7 Å². The maximum Gasteiger partial charge on any atom is 0.303 e. The maximum atomic E-state index is 11.9. The van der Waals surface area contributed by atoms with Gasteiger partial charge in [-0.25, -0.2) is 0 Å². The SMILES string of the molecule is N#C/C(=C/NCCCc1ccccc1)C(=O)NCCCCCC(=O)O. The summed E-state index contributed by atoms with van der Waals surface area (Å²) in [6, 6.07) is 12.0. The molecule has 3 N–H and O–H groups in total. The van der Waals surface area contributed by atoms with Crippen molar-refractivity contribution in [3.8, 4) is 6.07 Å². The molecule has 0 radical (unpaired) electrons. The summed E-state index contributed by atoms with van der Waals surface area (Å²) in [6.07, 6.45) is 5.46. The molecule has 0 aliphatic heterocycles. The molecule has 6 nitrogen and oxygen atoms in total. The van der Waals surface area contributed by atoms with Gasteiger partial charge in [0.15, 0.2) is 0 Å². The fraction of sp³-hybridized carbons (Fsp3) is 0.421. The highest BCUT2D eigenvalue weighted by Crippen LogP contribution is 2.02. The van der Waals surface area contributed by atoms with Crippen LogP contribution in [0.3, 0.4) is 0 Å². The highest BCUT2D eigenvalue weighted by Gasteiger charge is 2.07. The molecule has 0 atom stereocenters. The third-order valence-electron chi connectivity index (χ3n) is 3.59. The Morgan fingerprint density at radius 3 is 2.52 bits per heavy atom. The van der Waals surface area contributed by atoms with Gasteiger partial charge in [0.25, 0.3) is 5.91 Å². The summed E-state index contributed by atoms with van der Waals surface area (Å²) in [4.78, 5) is 22.2. The first-order valence-electron chi connectivity index (χ1n) is 8.51. The van der Waals surface area contributed by atoms with E-state index in [2.05, 4.69) is 22.8 Å². The summed E-state index contributed by atoms with van der Waals surface area (Å²) in [6.45, 7) is 1.12. The number of nitrogens with zero attached hydrogens (tertiary/aromatic N) is 1. The second-order valence-corrected chi connectivity index (χ2v) is 5.67. The van der Waals surface area contributed by atoms with Gasteiger partial charge in [-0.2, -0.15) is 5.26 Å². The molecule has 1 aromatic rings. The van der Waals surface area contributed by atoms with Gasteiger partial charge in [0.2, 0.25) is 0 Å². The van der Waals surface area contributed by atoms with Crippen LogP contribution < -0.4 is 10.6 Å². The largest absolute Gasteiger partial charge is 0.481 e. The minimum atomic E-state index is -0.808. The van der Waals surface area contributed by atoms with Gasteiger partial charge in [0.1, 0.15) is 11.6 Å². The number of aryl methyl sites for hydroxylation is 1. The van der Waals surface area contributed by atoms with E-state index >= 15 is 0 Å². The zero-order chi connectivity index (χ0) is 18.3. The first-order chi connectivity index (χ1) is 12.1. The van der Waals surface area contributed by atoms with Gasteiger partial charge >= 0.3 is 5.97 Å². The second kappa shape index (κ2) is 12.6. The number of carbonyl (C=O) groups excluding carboxylic acids is 1. The summed E-state index contributed by atoms with van der Waals surface area (Å²) in [5.74, 6) is -1.21. The Hall–Kier alpha value is -2.81. The van der Waals surface area contributed by atoms with Crippen LogP contribution in [0.15, 0.2) is 42.1 Å². The fourth-order valence-electron chi connectivity index (χ4n) is 2.24. The normalized spacial score (nSPS) is 10.8. The summed E-state index contributed by atoms with van der Waals surface area (Å²) in [5.41, 5.74) is 1.31. The minimum absolute atomic E-state index is 0.0465. The molecule has 0 bridgehead atoms. The summed E-state index contributed by atoms with van der Waals surface area (Å²) < 4.78 is 0. The average molecular weight is 343 g/mol. The number of amides is 1. The lowest BCUT2D eigenvalue weighted by molar-refractivity contribution is -0.137. The van der Waals surface area contributed by atoms with Crippen LogP contribution in [-0.4, -0.2) is 30.1 Å². The van der Waals surface area contributed by atoms with Gasteiger partial charge in [-0.1, -0.05) is 36.8 Å². The molecule has 0 aliphatic rings. The molecule has 0 aliphatic carbocycles. The molecule has 0 aromatic heterocycles. The Morgan fingerprint density at radius 2 is 1.84 bits per heavy atom. The van der Waals surface area contributed by atoms with Crippen LogP contribution in [0.2, 0.25) is 0 Å². The first kappa shape index (κ1) is 20.2. The number of aliphatic carboxylic acids is 1. The first-order valence-corrected chi connectivity index (χ1v) is 8.51. The predicted octanol–water partition coefficient (Wildman–Crippen LogP) is 2.38. The number of carbonyl (C=O) groups is 2. The van der Waals surface area contributed by atoms with E-state index < -0.39 is 11.9 Å². The minimum Gasteiger partial charge on any atom is -0.481 e. The summed E-state index contributed by atoms with van der Waals surface area (Å²) >= 11 is 0. The third-order valence-corrected chi connectivity index (χ3v) is 3.59. The number of nitriles is 1. The quantitative estimate of drug-likeness (QED) is 0.307. The summed E-state index contributed by atoms with van der Waals surface area (Å²) in [7, 11) is 0. The van der Waals surface area contributed by atoms with Crippen LogP contribution in [0.25, 0.3) is 0 Å². The van der Waals surface area contributed by atoms with Crippen LogP contribution in [0.5, 0.6) is 0 Å². The van der Waals surface area contributed by atoms with Crippen LogP contribution in [0.4, 0.5) is 0 Å². The van der Waals surface area contributed by atoms with Gasteiger partial charge in [-0.05, 0) is 31.2 Å². The van der Waals surface area contributed by atoms with E-state index in [1.54, 1.807) is 0 Å². The zero-order valence-corrected chi connectivity index (χ0v) is 14.3. The molecule has 0 unspecified atom stereocenters. The van der Waals surface area contributed by atoms with E-state index in [0.717, 1.165) is 19.3 Å². The molecule has 0 heterocycles. The molecule has 25 heavy (non-hydrogen) atoms. The van der Waals surface area contributed by atoms with E-state index in [-0.39, 0.29) is 12.0 Å². The van der Waals surface area contributed by atoms with Crippen molar-refractivity contribution in [2.75, 3.05) is 13.1 Å². The van der Waals surface area contributed by atoms with Crippen molar-refractivity contribution in [2.24, 2.45) is 0 Å². The molecular weight excluding hydrogens is 318 g/mol. The highest BCUT2D eigenvalue weighted by molar-refractivity contribution is 5.97. The Bertz CT molecular complexity index is 606. The standard InChI is InChI=1S/C19H25N3O3/c20-14-17(19(25)22-13-6-2-5-11-18(23)24)15-21-12-7-10-16-8-3-1-4-9-16/h1,3-4,8-9,15,21H,2,5-7,10-13H2,(H,22,25)(H,23,24)/b17-15-. The number of carboxylic acids is 1. The van der Waals surface area contributed by atoms with Crippen molar-refractivity contribution in [3.05, 3.63) is 47.7 Å². The van der Waals surface area contributed by atoms with Crippen molar-refractivity contribution in [1.29, 1.82) is 5.26 Å². The monoisotopic (exact) mass is 343 g/mol. The molecule has 0 spiro atoms. The smallest absolute Gasteiger partial charge is 0.303 e. The van der Waals surface area contributed by atoms with E-state index in [4.69, 9.17) is 10.4 Å². The van der Waals surface area contributed by atoms with E-state index in [1.807, 2.05) is 24.3 Å². The maximum absolute atomic E-state index is 11.9. The average Bonchev–Trinajstić information content (AvgIpc) is 2.61. The number of unbranched alkanes of at least 4 members (excludes halogenated alkanes) is 2. The van der Waals surface area contributed by atoms with Gasteiger partial charge in [0, 0.05) is 25.7 Å². The number of hydrogen-bond acceptors (Lipinski definition) is 4. The van der Waals surface area contributed by atoms with Crippen molar-refractivity contribution in [3.63, 3.8) is 0 Å². The van der Waals surface area contributed by atoms with E-state index in [0.29, 0.717) is 25.9 Å². The van der Waals surface area contributed by atoms with Gasteiger partial charge in [-0.15, -0.1) is 0 Å². The van der Waals surface area contributed by atoms with Crippen molar-refractivity contribution >= 4 is 11.9 Å². The Balaban J connectivity index is 2.18. The topological polar surface area (TPSA) is 102 Å². The molecular formula is C19H25N3O3. The van der Waals surface area contributed by atoms with E-state index in [9.17, 15) is 9.59 Å². The second-order valence-electron chi connectivity index (χ2n) is 5.67. The van der Waals surface area contributed by atoms with Gasteiger partial charge in [0.05, 0.1) is 0 Å². The lowest BCUT2D eigenvalue weighted by Crippen LogP contribution is -2.26.